The van der Waals surface area contributed by atoms with Gasteiger partial charge in [0.15, 0.2) is 0 Å². The summed E-state index contributed by atoms with van der Waals surface area (Å²) in [4.78, 5) is 12.6. The Morgan fingerprint density at radius 2 is 1.42 bits per heavy atom. The number of halogens is 2. The highest BCUT2D eigenvalue weighted by Crippen LogP contribution is 2.19. The molecule has 4 rings (SSSR count). The second-order valence-electron chi connectivity index (χ2n) is 7.74. The smallest absolute Gasteiger partial charge is 0.282 e. The molecule has 2 aliphatic rings. The van der Waals surface area contributed by atoms with Gasteiger partial charge < -0.3 is 30.7 Å². The second kappa shape index (κ2) is 11.6. The summed E-state index contributed by atoms with van der Waals surface area (Å²) in [5, 5.41) is 0.747. The summed E-state index contributed by atoms with van der Waals surface area (Å²) < 4.78 is 22.9. The molecule has 0 amide bonds. The number of nitrogens with zero attached hydrogens (tertiary/aromatic N) is 4. The van der Waals surface area contributed by atoms with Crippen LogP contribution in [0.1, 0.15) is 6.92 Å². The van der Waals surface area contributed by atoms with Gasteiger partial charge in [-0.15, -0.1) is 0 Å². The Kier molecular flexibility index (Phi) is 8.59. The molecule has 2 atom stereocenters. The summed E-state index contributed by atoms with van der Waals surface area (Å²) in [5.41, 5.74) is 13.0. The second-order valence-corrected chi connectivity index (χ2v) is 8.17. The van der Waals surface area contributed by atoms with E-state index in [0.717, 1.165) is 29.5 Å². The third-order valence-corrected chi connectivity index (χ3v) is 5.48. The monoisotopic (exact) mass is 476 g/mol. The first-order chi connectivity index (χ1) is 15.8. The fraction of sp³-hybridized carbons (Fsp3) is 0.391. The number of likely N-dealkylation sites (N-methyl/N-ethyl adjacent to an activating group) is 2. The maximum Gasteiger partial charge on any atom is 0.282 e. The van der Waals surface area contributed by atoms with Crippen LogP contribution >= 0.6 is 11.6 Å². The van der Waals surface area contributed by atoms with E-state index in [1.165, 1.54) is 12.1 Å². The summed E-state index contributed by atoms with van der Waals surface area (Å²) in [5.74, 6) is -0.233. The van der Waals surface area contributed by atoms with Crippen LogP contribution in [0, 0.1) is 5.82 Å². The van der Waals surface area contributed by atoms with Gasteiger partial charge in [-0.2, -0.15) is 0 Å². The number of nitrogens with two attached hydrogens (primary N) is 2. The molecule has 2 aliphatic heterocycles. The van der Waals surface area contributed by atoms with Crippen molar-refractivity contribution in [2.24, 2.45) is 21.5 Å². The molecule has 0 spiro atoms. The Hall–Kier alpha value is -3.20. The van der Waals surface area contributed by atoms with E-state index in [9.17, 15) is 4.39 Å². The van der Waals surface area contributed by atoms with Gasteiger partial charge in [0.1, 0.15) is 31.1 Å². The Labute approximate surface area is 198 Å². The lowest BCUT2D eigenvalue weighted by molar-refractivity contribution is 0.313. The summed E-state index contributed by atoms with van der Waals surface area (Å²) in [6, 6.07) is 14.9. The normalized spacial score (nSPS) is 18.9. The number of hydrogen-bond donors (Lipinski definition) is 2. The predicted molar refractivity (Wildman–Crippen MR) is 132 cm³/mol. The molecule has 178 valence electrons. The maximum atomic E-state index is 12.7. The molecule has 0 saturated heterocycles. The van der Waals surface area contributed by atoms with Crippen LogP contribution in [0.4, 0.5) is 15.8 Å². The van der Waals surface area contributed by atoms with E-state index in [4.69, 9.17) is 32.5 Å². The zero-order valence-electron chi connectivity index (χ0n) is 18.8. The number of rotatable bonds is 7. The average molecular weight is 477 g/mol. The van der Waals surface area contributed by atoms with Crippen molar-refractivity contribution in [1.29, 1.82) is 0 Å². The first-order valence-corrected chi connectivity index (χ1v) is 11.1. The fourth-order valence-corrected chi connectivity index (χ4v) is 3.63. The van der Waals surface area contributed by atoms with Gasteiger partial charge in [-0.05, 0) is 55.5 Å². The van der Waals surface area contributed by atoms with E-state index < -0.39 is 0 Å². The molecule has 0 bridgehead atoms. The lowest BCUT2D eigenvalue weighted by Gasteiger charge is -2.24. The summed E-state index contributed by atoms with van der Waals surface area (Å²) >= 11 is 5.87. The molecule has 8 nitrogen and oxygen atoms in total. The molecule has 2 aromatic rings. The van der Waals surface area contributed by atoms with Crippen LogP contribution < -0.4 is 21.3 Å². The van der Waals surface area contributed by atoms with Gasteiger partial charge in [-0.25, -0.2) is 14.4 Å². The van der Waals surface area contributed by atoms with Crippen molar-refractivity contribution in [3.8, 4) is 0 Å². The molecule has 2 heterocycles. The molecule has 2 aromatic carbocycles. The lowest BCUT2D eigenvalue weighted by Crippen LogP contribution is -2.32. The Morgan fingerprint density at radius 1 is 0.909 bits per heavy atom. The van der Waals surface area contributed by atoms with Crippen LogP contribution in [-0.4, -0.2) is 64.0 Å². The van der Waals surface area contributed by atoms with Gasteiger partial charge in [0, 0.05) is 43.1 Å². The van der Waals surface area contributed by atoms with Gasteiger partial charge in [0.2, 0.25) is 0 Å². The van der Waals surface area contributed by atoms with Crippen molar-refractivity contribution in [3.05, 3.63) is 59.4 Å². The van der Waals surface area contributed by atoms with Gasteiger partial charge in [0.05, 0.1) is 0 Å². The minimum Gasteiger partial charge on any atom is -0.463 e. The van der Waals surface area contributed by atoms with E-state index in [2.05, 4.69) is 21.8 Å². The van der Waals surface area contributed by atoms with Crippen molar-refractivity contribution in [1.82, 2.24) is 0 Å². The summed E-state index contributed by atoms with van der Waals surface area (Å²) in [6.07, 6.45) is 0. The number of aliphatic imine (C=N–C) groups is 2. The van der Waals surface area contributed by atoms with Crippen molar-refractivity contribution in [3.63, 3.8) is 0 Å². The third kappa shape index (κ3) is 7.42. The van der Waals surface area contributed by atoms with Gasteiger partial charge >= 0.3 is 0 Å². The minimum absolute atomic E-state index is 0.0510. The standard InChI is InChI=1S/C12H16ClN3O.C11H14FN3O/c1-2-16(7-10-8-17-12(14)15-10)11-5-3-9(13)4-6-11;1-15(6-9-7-16-11(13)14-9)10-4-2-8(12)3-5-10/h3-6,10H,2,7-8H2,1H3,(H2,14,15);2-5,9H,6-7H2,1H3,(H2,13,14)/t10-;9-/m11/s1. The number of amidine groups is 2. The predicted octanol–water partition coefficient (Wildman–Crippen LogP) is 2.86. The Balaban J connectivity index is 0.000000186. The van der Waals surface area contributed by atoms with Crippen molar-refractivity contribution in [2.75, 3.05) is 49.7 Å². The fourth-order valence-electron chi connectivity index (χ4n) is 3.50. The largest absolute Gasteiger partial charge is 0.463 e. The van der Waals surface area contributed by atoms with Gasteiger partial charge in [-0.3, -0.25) is 0 Å². The zero-order valence-corrected chi connectivity index (χ0v) is 19.6. The molecule has 33 heavy (non-hydrogen) atoms. The lowest BCUT2D eigenvalue weighted by atomic mass is 10.2. The topological polar surface area (TPSA) is 102 Å². The van der Waals surface area contributed by atoms with E-state index >= 15 is 0 Å². The first kappa shape index (κ1) is 24.4. The van der Waals surface area contributed by atoms with Gasteiger partial charge in [-0.1, -0.05) is 11.6 Å². The molecule has 10 heteroatoms. The van der Waals surface area contributed by atoms with E-state index in [0.29, 0.717) is 25.8 Å². The van der Waals surface area contributed by atoms with Gasteiger partial charge in [0.25, 0.3) is 12.0 Å². The van der Waals surface area contributed by atoms with Crippen LogP contribution in [0.2, 0.25) is 5.02 Å². The molecule has 0 saturated carbocycles. The number of benzene rings is 2. The van der Waals surface area contributed by atoms with Crippen molar-refractivity contribution < 1.29 is 13.9 Å². The van der Waals surface area contributed by atoms with Crippen molar-refractivity contribution >= 4 is 35.0 Å². The van der Waals surface area contributed by atoms with Crippen LogP contribution in [0.5, 0.6) is 0 Å². The highest BCUT2D eigenvalue weighted by atomic mass is 35.5. The van der Waals surface area contributed by atoms with Crippen LogP contribution in [-0.2, 0) is 9.47 Å². The molecular formula is C23H30ClFN6O2. The summed E-state index contributed by atoms with van der Waals surface area (Å²) in [6.45, 7) is 5.60. The maximum absolute atomic E-state index is 12.7. The third-order valence-electron chi connectivity index (χ3n) is 5.22. The minimum atomic E-state index is -0.233. The number of hydrogen-bond acceptors (Lipinski definition) is 8. The van der Waals surface area contributed by atoms with Crippen LogP contribution in [0.3, 0.4) is 0 Å². The van der Waals surface area contributed by atoms with Crippen LogP contribution in [0.25, 0.3) is 0 Å². The SMILES string of the molecule is CCN(C[C@@H]1COC(N)=N1)c1ccc(Cl)cc1.CN(C[C@@H]1COC(N)=N1)c1ccc(F)cc1. The number of anilines is 2. The van der Waals surface area contributed by atoms with Crippen LogP contribution in [0.15, 0.2) is 58.5 Å². The average Bonchev–Trinajstić information content (AvgIpc) is 3.41. The molecule has 0 aliphatic carbocycles. The van der Waals surface area contributed by atoms with E-state index in [-0.39, 0.29) is 23.9 Å². The van der Waals surface area contributed by atoms with Crippen molar-refractivity contribution in [2.45, 2.75) is 19.0 Å². The molecule has 4 N–H and O–H groups in total. The Morgan fingerprint density at radius 3 is 1.91 bits per heavy atom. The molecule has 0 aromatic heterocycles. The molecular weight excluding hydrogens is 447 g/mol. The highest BCUT2D eigenvalue weighted by Gasteiger charge is 2.20. The molecule has 0 radical (unpaired) electrons. The Bertz CT molecular complexity index is 954. The first-order valence-electron chi connectivity index (χ1n) is 10.7. The molecule has 0 fully saturated rings. The highest BCUT2D eigenvalue weighted by molar-refractivity contribution is 6.30. The molecule has 0 unspecified atom stereocenters. The van der Waals surface area contributed by atoms with E-state index in [1.54, 1.807) is 12.1 Å². The quantitative estimate of drug-likeness (QED) is 0.637. The zero-order chi connectivity index (χ0) is 23.8. The van der Waals surface area contributed by atoms with E-state index in [1.807, 2.05) is 36.2 Å². The number of ether oxygens (including phenoxy) is 2. The summed E-state index contributed by atoms with van der Waals surface area (Å²) in [7, 11) is 1.93.